The second-order valence-electron chi connectivity index (χ2n) is 9.67. The number of hydrogen-bond donors (Lipinski definition) is 1. The summed E-state index contributed by atoms with van der Waals surface area (Å²) in [4.78, 5) is 43.7. The van der Waals surface area contributed by atoms with Crippen molar-refractivity contribution in [3.05, 3.63) is 119 Å². The zero-order chi connectivity index (χ0) is 31.4. The van der Waals surface area contributed by atoms with Crippen molar-refractivity contribution in [2.75, 3.05) is 13.2 Å². The maximum Gasteiger partial charge on any atom is 0.338 e. The number of nitrogens with zero attached hydrogens (tertiary/aromatic N) is 3. The minimum absolute atomic E-state index is 0.00813. The predicted octanol–water partition coefficient (Wildman–Crippen LogP) is 4.50. The van der Waals surface area contributed by atoms with Gasteiger partial charge >= 0.3 is 5.97 Å². The molecular weight excluding hydrogens is 586 g/mol. The molecule has 0 aliphatic carbocycles. The Morgan fingerprint density at radius 3 is 2.45 bits per heavy atom. The number of phenolic OH excluding ortho intramolecular Hbond substituents is 1. The Kier molecular flexibility index (Phi) is 8.91. The maximum atomic E-state index is 13.5. The Balaban J connectivity index is 1.71. The first kappa shape index (κ1) is 30.2. The number of carbonyl (C=O) groups is 1. The van der Waals surface area contributed by atoms with E-state index >= 15 is 0 Å². The Hall–Kier alpha value is -5.23. The minimum Gasteiger partial charge on any atom is -0.507 e. The highest BCUT2D eigenvalue weighted by Crippen LogP contribution is 2.43. The van der Waals surface area contributed by atoms with Crippen LogP contribution in [0.5, 0.6) is 17.2 Å². The van der Waals surface area contributed by atoms with Crippen LogP contribution in [0, 0.1) is 10.1 Å². The molecule has 1 aromatic heterocycles. The fourth-order valence-corrected chi connectivity index (χ4v) is 5.88. The number of phenols is 1. The fraction of sp³-hybridized carbons (Fsp3) is 0.219. The van der Waals surface area contributed by atoms with E-state index in [1.807, 2.05) is 30.3 Å². The van der Waals surface area contributed by atoms with Gasteiger partial charge in [-0.25, -0.2) is 9.79 Å². The summed E-state index contributed by atoms with van der Waals surface area (Å²) in [5.74, 6) is -0.368. The van der Waals surface area contributed by atoms with Crippen LogP contribution in [-0.2, 0) is 16.1 Å². The largest absolute Gasteiger partial charge is 0.507 e. The minimum atomic E-state index is -1.19. The molecule has 11 nitrogen and oxygen atoms in total. The van der Waals surface area contributed by atoms with Crippen LogP contribution in [0.4, 0.5) is 5.69 Å². The molecule has 0 saturated carbocycles. The van der Waals surface area contributed by atoms with Gasteiger partial charge in [-0.2, -0.15) is 0 Å². The van der Waals surface area contributed by atoms with E-state index in [1.54, 1.807) is 39.0 Å². The van der Waals surface area contributed by atoms with E-state index in [1.165, 1.54) is 28.8 Å². The lowest BCUT2D eigenvalue weighted by Crippen LogP contribution is -2.35. The lowest BCUT2D eigenvalue weighted by atomic mass is 9.94. The van der Waals surface area contributed by atoms with Crippen molar-refractivity contribution in [2.24, 2.45) is 4.99 Å². The van der Waals surface area contributed by atoms with Gasteiger partial charge in [0.1, 0.15) is 18.4 Å². The van der Waals surface area contributed by atoms with Crippen LogP contribution in [0.15, 0.2) is 82.1 Å². The van der Waals surface area contributed by atoms with Gasteiger partial charge in [-0.05, 0) is 44.5 Å². The number of nitro benzene ring substituents is 1. The van der Waals surface area contributed by atoms with Crippen molar-refractivity contribution in [3.8, 4) is 17.2 Å². The third kappa shape index (κ3) is 5.97. The number of carbonyl (C=O) groups excluding carboxylic acids is 1. The topological polar surface area (TPSA) is 142 Å². The molecule has 44 heavy (non-hydrogen) atoms. The molecule has 5 rings (SSSR count). The Bertz CT molecular complexity index is 1950. The number of hydrogen-bond acceptors (Lipinski definition) is 10. The number of esters is 1. The molecule has 0 bridgehead atoms. The van der Waals surface area contributed by atoms with Gasteiger partial charge in [0.15, 0.2) is 16.3 Å². The van der Waals surface area contributed by atoms with E-state index in [0.717, 1.165) is 16.9 Å². The number of thiazole rings is 1. The molecule has 0 spiro atoms. The van der Waals surface area contributed by atoms with Gasteiger partial charge < -0.3 is 19.3 Å². The summed E-state index contributed by atoms with van der Waals surface area (Å²) >= 11 is 1.04. The summed E-state index contributed by atoms with van der Waals surface area (Å²) in [6.07, 6.45) is 1.53. The SMILES string of the molecule is CCOC(=O)C1=C(C)n2c(s/c(=C\c3ccccc3O)c2=O)=N[C@H]1c1cc(OCC)c(OCc2ccccc2)cc1[N+](=O)[O-]. The Labute approximate surface area is 255 Å². The Morgan fingerprint density at radius 1 is 1.07 bits per heavy atom. The number of ether oxygens (including phenoxy) is 3. The van der Waals surface area contributed by atoms with E-state index in [2.05, 4.69) is 0 Å². The van der Waals surface area contributed by atoms with Crippen LogP contribution in [0.1, 0.15) is 43.5 Å². The van der Waals surface area contributed by atoms with E-state index in [0.29, 0.717) is 5.56 Å². The molecule has 1 aliphatic heterocycles. The summed E-state index contributed by atoms with van der Waals surface area (Å²) in [6, 6.07) is 17.4. The highest BCUT2D eigenvalue weighted by atomic mass is 32.1. The molecule has 2 heterocycles. The van der Waals surface area contributed by atoms with Crippen molar-refractivity contribution < 1.29 is 29.0 Å². The zero-order valence-corrected chi connectivity index (χ0v) is 25.0. The van der Waals surface area contributed by atoms with Gasteiger partial charge in [0.2, 0.25) is 0 Å². The first-order valence-electron chi connectivity index (χ1n) is 13.8. The molecule has 0 radical (unpaired) electrons. The molecule has 12 heteroatoms. The maximum absolute atomic E-state index is 13.5. The van der Waals surface area contributed by atoms with Crippen LogP contribution in [0.25, 0.3) is 11.8 Å². The molecule has 4 aromatic rings. The number of nitro groups is 1. The predicted molar refractivity (Wildman–Crippen MR) is 164 cm³/mol. The van der Waals surface area contributed by atoms with Gasteiger partial charge in [0.25, 0.3) is 11.2 Å². The smallest absolute Gasteiger partial charge is 0.338 e. The van der Waals surface area contributed by atoms with Crippen LogP contribution in [0.3, 0.4) is 0 Å². The van der Waals surface area contributed by atoms with Crippen molar-refractivity contribution in [1.29, 1.82) is 0 Å². The number of aromatic nitrogens is 1. The van der Waals surface area contributed by atoms with Crippen molar-refractivity contribution >= 4 is 34.8 Å². The van der Waals surface area contributed by atoms with Gasteiger partial charge in [-0.15, -0.1) is 0 Å². The van der Waals surface area contributed by atoms with Crippen molar-refractivity contribution in [3.63, 3.8) is 0 Å². The summed E-state index contributed by atoms with van der Waals surface area (Å²) in [5, 5.41) is 22.7. The third-order valence-electron chi connectivity index (χ3n) is 6.88. The average molecular weight is 616 g/mol. The van der Waals surface area contributed by atoms with Gasteiger partial charge in [-0.3, -0.25) is 19.5 Å². The van der Waals surface area contributed by atoms with E-state index in [4.69, 9.17) is 19.2 Å². The number of allylic oxidation sites excluding steroid dienone is 1. The monoisotopic (exact) mass is 615 g/mol. The molecule has 1 atom stereocenters. The molecule has 0 unspecified atom stereocenters. The normalized spacial score (nSPS) is 14.5. The number of aromatic hydroxyl groups is 1. The van der Waals surface area contributed by atoms with Gasteiger partial charge in [-0.1, -0.05) is 59.9 Å². The molecule has 0 amide bonds. The fourth-order valence-electron chi connectivity index (χ4n) is 4.85. The molecule has 1 N–H and O–H groups in total. The number of benzene rings is 3. The highest BCUT2D eigenvalue weighted by molar-refractivity contribution is 7.07. The van der Waals surface area contributed by atoms with Gasteiger partial charge in [0.05, 0.1) is 39.9 Å². The van der Waals surface area contributed by atoms with Crippen molar-refractivity contribution in [1.82, 2.24) is 4.57 Å². The highest BCUT2D eigenvalue weighted by Gasteiger charge is 2.36. The van der Waals surface area contributed by atoms with Crippen LogP contribution >= 0.6 is 11.3 Å². The molecule has 1 aliphatic rings. The molecule has 226 valence electrons. The summed E-state index contributed by atoms with van der Waals surface area (Å²) < 4.78 is 18.6. The van der Waals surface area contributed by atoms with E-state index in [9.17, 15) is 24.8 Å². The third-order valence-corrected chi connectivity index (χ3v) is 7.87. The lowest BCUT2D eigenvalue weighted by Gasteiger charge is -2.23. The number of fused-ring (bicyclic) bond motifs is 1. The first-order valence-corrected chi connectivity index (χ1v) is 14.6. The molecule has 0 fully saturated rings. The lowest BCUT2D eigenvalue weighted by molar-refractivity contribution is -0.385. The first-order chi connectivity index (χ1) is 21.2. The second kappa shape index (κ2) is 13.0. The van der Waals surface area contributed by atoms with Crippen LogP contribution in [0.2, 0.25) is 0 Å². The summed E-state index contributed by atoms with van der Waals surface area (Å²) in [7, 11) is 0. The van der Waals surface area contributed by atoms with Crippen LogP contribution < -0.4 is 24.4 Å². The number of rotatable bonds is 10. The van der Waals surface area contributed by atoms with Crippen molar-refractivity contribution in [2.45, 2.75) is 33.4 Å². The summed E-state index contributed by atoms with van der Waals surface area (Å²) in [5.41, 5.74) is 0.781. The zero-order valence-electron chi connectivity index (χ0n) is 24.2. The molecule has 3 aromatic carbocycles. The second-order valence-corrected chi connectivity index (χ2v) is 10.7. The van der Waals surface area contributed by atoms with E-state index in [-0.39, 0.29) is 68.9 Å². The Morgan fingerprint density at radius 2 is 1.77 bits per heavy atom. The van der Waals surface area contributed by atoms with E-state index < -0.39 is 22.5 Å². The number of para-hydroxylation sites is 1. The standard InChI is InChI=1S/C32H29N3O8S/c1-4-41-25-16-22(23(35(39)40)17-26(25)43-18-20-11-7-6-8-12-20)29-28(31(38)42-5-2)19(3)34-30(37)27(44-32(34)33-29)15-21-13-9-10-14-24(21)36/h6-17,29,36H,4-5,18H2,1-3H3/b27-15-/t29-/m0/s1. The quantitative estimate of drug-likeness (QED) is 0.156. The summed E-state index contributed by atoms with van der Waals surface area (Å²) in [6.45, 7) is 5.42. The average Bonchev–Trinajstić information content (AvgIpc) is 3.32. The van der Waals surface area contributed by atoms with Gasteiger partial charge in [0, 0.05) is 11.3 Å². The van der Waals surface area contributed by atoms with Crippen LogP contribution in [-0.4, -0.2) is 33.8 Å². The molecule has 0 saturated heterocycles. The molecular formula is C32H29N3O8S.